The summed E-state index contributed by atoms with van der Waals surface area (Å²) < 4.78 is 6.94. The molecule has 122 valence electrons. The minimum absolute atomic E-state index is 0.241. The maximum atomic E-state index is 12.4. The molecule has 24 heavy (non-hydrogen) atoms. The summed E-state index contributed by atoms with van der Waals surface area (Å²) in [4.78, 5) is 12.4. The van der Waals surface area contributed by atoms with E-state index in [1.54, 1.807) is 35.3 Å². The van der Waals surface area contributed by atoms with E-state index in [0.29, 0.717) is 28.6 Å². The molecule has 3 rings (SSSR count). The van der Waals surface area contributed by atoms with Crippen LogP contribution in [0, 0.1) is 0 Å². The second kappa shape index (κ2) is 7.19. The normalized spacial score (nSPS) is 10.4. The third kappa shape index (κ3) is 3.75. The molecule has 0 fully saturated rings. The van der Waals surface area contributed by atoms with Crippen LogP contribution in [-0.2, 0) is 6.54 Å². The van der Waals surface area contributed by atoms with Crippen LogP contribution in [0.15, 0.2) is 60.9 Å². The highest BCUT2D eigenvalue weighted by atomic mass is 35.5. The molecule has 1 N–H and O–H groups in total. The van der Waals surface area contributed by atoms with Gasteiger partial charge in [0.25, 0.3) is 5.91 Å². The van der Waals surface area contributed by atoms with Crippen LogP contribution < -0.4 is 10.1 Å². The van der Waals surface area contributed by atoms with E-state index in [1.807, 2.05) is 30.3 Å². The van der Waals surface area contributed by atoms with E-state index in [0.717, 1.165) is 5.56 Å². The van der Waals surface area contributed by atoms with Gasteiger partial charge in [-0.3, -0.25) is 9.48 Å². The second-order valence-corrected chi connectivity index (χ2v) is 5.65. The van der Waals surface area contributed by atoms with Crippen LogP contribution in [-0.4, -0.2) is 22.8 Å². The molecule has 0 spiro atoms. The van der Waals surface area contributed by atoms with Crippen molar-refractivity contribution in [1.82, 2.24) is 9.78 Å². The number of benzene rings is 2. The molecular weight excluding hydrogens is 326 g/mol. The number of amides is 1. The van der Waals surface area contributed by atoms with E-state index in [4.69, 9.17) is 16.3 Å². The van der Waals surface area contributed by atoms with Gasteiger partial charge in [0.05, 0.1) is 31.1 Å². The minimum atomic E-state index is -0.241. The number of nitrogens with one attached hydrogen (secondary N) is 1. The average molecular weight is 342 g/mol. The van der Waals surface area contributed by atoms with Crippen molar-refractivity contribution in [3.8, 4) is 5.75 Å². The predicted octanol–water partition coefficient (Wildman–Crippen LogP) is 3.85. The van der Waals surface area contributed by atoms with Crippen molar-refractivity contribution in [3.63, 3.8) is 0 Å². The van der Waals surface area contributed by atoms with E-state index in [2.05, 4.69) is 10.4 Å². The highest BCUT2D eigenvalue weighted by molar-refractivity contribution is 6.30. The van der Waals surface area contributed by atoms with E-state index in [1.165, 1.54) is 7.11 Å². The van der Waals surface area contributed by atoms with Crippen molar-refractivity contribution in [2.75, 3.05) is 12.4 Å². The van der Waals surface area contributed by atoms with Gasteiger partial charge in [0.2, 0.25) is 0 Å². The molecule has 5 nitrogen and oxygen atoms in total. The van der Waals surface area contributed by atoms with Gasteiger partial charge in [-0.1, -0.05) is 35.9 Å². The fourth-order valence-corrected chi connectivity index (χ4v) is 2.58. The highest BCUT2D eigenvalue weighted by Gasteiger charge is 2.12. The standard InChI is InChI=1S/C18H16ClN3O2/c1-24-17-8-3-2-7-16(17)18(23)21-15-10-20-22(12-15)11-13-5-4-6-14(19)9-13/h2-10,12H,11H2,1H3,(H,21,23). The molecule has 0 bridgehead atoms. The Morgan fingerprint density at radius 1 is 1.25 bits per heavy atom. The Balaban J connectivity index is 1.71. The Hall–Kier alpha value is -2.79. The van der Waals surface area contributed by atoms with Crippen molar-refractivity contribution in [1.29, 1.82) is 0 Å². The fourth-order valence-electron chi connectivity index (χ4n) is 2.37. The first kappa shape index (κ1) is 16.1. The number of ether oxygens (including phenoxy) is 1. The summed E-state index contributed by atoms with van der Waals surface area (Å²) >= 11 is 5.98. The maximum Gasteiger partial charge on any atom is 0.259 e. The first-order valence-corrected chi connectivity index (χ1v) is 7.75. The summed E-state index contributed by atoms with van der Waals surface area (Å²) in [6.07, 6.45) is 3.38. The Labute approximate surface area is 144 Å². The van der Waals surface area contributed by atoms with Crippen LogP contribution in [0.5, 0.6) is 5.75 Å². The summed E-state index contributed by atoms with van der Waals surface area (Å²) in [5.74, 6) is 0.288. The van der Waals surface area contributed by atoms with Gasteiger partial charge in [0.1, 0.15) is 5.75 Å². The van der Waals surface area contributed by atoms with Gasteiger partial charge in [-0.2, -0.15) is 5.10 Å². The van der Waals surface area contributed by atoms with E-state index in [-0.39, 0.29) is 5.91 Å². The van der Waals surface area contributed by atoms with E-state index >= 15 is 0 Å². The summed E-state index contributed by atoms with van der Waals surface area (Å²) in [7, 11) is 1.54. The Morgan fingerprint density at radius 2 is 2.08 bits per heavy atom. The molecule has 0 aliphatic carbocycles. The molecule has 0 atom stereocenters. The lowest BCUT2D eigenvalue weighted by Crippen LogP contribution is -2.12. The first-order chi connectivity index (χ1) is 11.7. The lowest BCUT2D eigenvalue weighted by molar-refractivity contribution is 0.102. The number of methoxy groups -OCH3 is 1. The maximum absolute atomic E-state index is 12.4. The molecule has 6 heteroatoms. The molecule has 0 aliphatic rings. The molecule has 0 radical (unpaired) electrons. The molecule has 1 heterocycles. The number of carbonyl (C=O) groups excluding carboxylic acids is 1. The fraction of sp³-hybridized carbons (Fsp3) is 0.111. The third-order valence-electron chi connectivity index (χ3n) is 3.48. The van der Waals surface area contributed by atoms with Crippen molar-refractivity contribution >= 4 is 23.2 Å². The third-order valence-corrected chi connectivity index (χ3v) is 3.71. The van der Waals surface area contributed by atoms with Crippen LogP contribution in [0.4, 0.5) is 5.69 Å². The predicted molar refractivity (Wildman–Crippen MR) is 93.7 cm³/mol. The smallest absolute Gasteiger partial charge is 0.259 e. The molecule has 1 aromatic heterocycles. The summed E-state index contributed by atoms with van der Waals surface area (Å²) in [5, 5.41) is 7.76. The molecule has 3 aromatic rings. The number of aromatic nitrogens is 2. The van der Waals surface area contributed by atoms with Crippen LogP contribution in [0.3, 0.4) is 0 Å². The van der Waals surface area contributed by atoms with Gasteiger partial charge >= 0.3 is 0 Å². The first-order valence-electron chi connectivity index (χ1n) is 7.37. The largest absolute Gasteiger partial charge is 0.496 e. The Kier molecular flexibility index (Phi) is 4.82. The zero-order valence-electron chi connectivity index (χ0n) is 13.1. The molecule has 0 unspecified atom stereocenters. The number of nitrogens with zero attached hydrogens (tertiary/aromatic N) is 2. The van der Waals surface area contributed by atoms with Crippen LogP contribution in [0.2, 0.25) is 5.02 Å². The van der Waals surface area contributed by atoms with Gasteiger partial charge < -0.3 is 10.1 Å². The number of carbonyl (C=O) groups is 1. The van der Waals surface area contributed by atoms with Gasteiger partial charge in [0, 0.05) is 11.2 Å². The SMILES string of the molecule is COc1ccccc1C(=O)Nc1cnn(Cc2cccc(Cl)c2)c1. The molecule has 2 aromatic carbocycles. The van der Waals surface area contributed by atoms with Gasteiger partial charge in [-0.25, -0.2) is 0 Å². The van der Waals surface area contributed by atoms with Crippen molar-refractivity contribution < 1.29 is 9.53 Å². The molecule has 0 saturated carbocycles. The van der Waals surface area contributed by atoms with Gasteiger partial charge in [0.15, 0.2) is 0 Å². The van der Waals surface area contributed by atoms with Crippen molar-refractivity contribution in [2.45, 2.75) is 6.54 Å². The Bertz CT molecular complexity index is 861. The summed E-state index contributed by atoms with van der Waals surface area (Å²) in [6.45, 7) is 0.574. The van der Waals surface area contributed by atoms with Crippen molar-refractivity contribution in [2.24, 2.45) is 0 Å². The quantitative estimate of drug-likeness (QED) is 0.767. The monoisotopic (exact) mass is 341 g/mol. The highest BCUT2D eigenvalue weighted by Crippen LogP contribution is 2.19. The van der Waals surface area contributed by atoms with Crippen LogP contribution in [0.1, 0.15) is 15.9 Å². The van der Waals surface area contributed by atoms with Gasteiger partial charge in [-0.05, 0) is 29.8 Å². The van der Waals surface area contributed by atoms with E-state index in [9.17, 15) is 4.79 Å². The molecule has 1 amide bonds. The molecule has 0 saturated heterocycles. The number of rotatable bonds is 5. The number of halogens is 1. The number of hydrogen-bond acceptors (Lipinski definition) is 3. The van der Waals surface area contributed by atoms with Crippen LogP contribution in [0.25, 0.3) is 0 Å². The molecule has 0 aliphatic heterocycles. The minimum Gasteiger partial charge on any atom is -0.496 e. The number of hydrogen-bond donors (Lipinski definition) is 1. The molecular formula is C18H16ClN3O2. The number of para-hydroxylation sites is 1. The summed E-state index contributed by atoms with van der Waals surface area (Å²) in [6, 6.07) is 14.6. The van der Waals surface area contributed by atoms with Gasteiger partial charge in [-0.15, -0.1) is 0 Å². The topological polar surface area (TPSA) is 56.1 Å². The van der Waals surface area contributed by atoms with E-state index < -0.39 is 0 Å². The second-order valence-electron chi connectivity index (χ2n) is 5.21. The summed E-state index contributed by atoms with van der Waals surface area (Å²) in [5.41, 5.74) is 2.13. The Morgan fingerprint density at radius 3 is 2.88 bits per heavy atom. The average Bonchev–Trinajstić information content (AvgIpc) is 3.01. The lowest BCUT2D eigenvalue weighted by atomic mass is 10.2. The zero-order valence-corrected chi connectivity index (χ0v) is 13.8. The van der Waals surface area contributed by atoms with Crippen molar-refractivity contribution in [3.05, 3.63) is 77.1 Å². The zero-order chi connectivity index (χ0) is 16.9. The number of anilines is 1. The lowest BCUT2D eigenvalue weighted by Gasteiger charge is -2.07. The van der Waals surface area contributed by atoms with Crippen LogP contribution >= 0.6 is 11.6 Å².